The number of carbonyl (C=O) groups is 1. The van der Waals surface area contributed by atoms with E-state index in [-0.39, 0.29) is 18.1 Å². The first kappa shape index (κ1) is 15.2. The molecule has 0 aliphatic heterocycles. The van der Waals surface area contributed by atoms with Crippen LogP contribution in [0.15, 0.2) is 22.7 Å². The molecule has 0 atom stereocenters. The lowest BCUT2D eigenvalue weighted by molar-refractivity contribution is 0.101. The molecule has 0 radical (unpaired) electrons. The van der Waals surface area contributed by atoms with Crippen molar-refractivity contribution in [3.8, 4) is 5.75 Å². The summed E-state index contributed by atoms with van der Waals surface area (Å²) in [4.78, 5) is 11.4. The number of halogens is 1. The van der Waals surface area contributed by atoms with Crippen LogP contribution in [0, 0.1) is 0 Å². The van der Waals surface area contributed by atoms with Crippen molar-refractivity contribution in [1.82, 2.24) is 0 Å². The molecule has 100 valence electrons. The SMILES string of the molecule is CC(=O)c1ccc(Br)cc1OCCCS(C)(=O)=O. The summed E-state index contributed by atoms with van der Waals surface area (Å²) in [6.07, 6.45) is 1.59. The Kier molecular flexibility index (Phi) is 5.34. The van der Waals surface area contributed by atoms with Crippen molar-refractivity contribution < 1.29 is 17.9 Å². The van der Waals surface area contributed by atoms with Crippen molar-refractivity contribution in [2.45, 2.75) is 13.3 Å². The van der Waals surface area contributed by atoms with E-state index in [1.807, 2.05) is 0 Å². The molecule has 4 nitrogen and oxygen atoms in total. The molecule has 0 saturated heterocycles. The summed E-state index contributed by atoms with van der Waals surface area (Å²) >= 11 is 3.30. The van der Waals surface area contributed by atoms with Crippen LogP contribution in [-0.2, 0) is 9.84 Å². The minimum absolute atomic E-state index is 0.0798. The van der Waals surface area contributed by atoms with Gasteiger partial charge < -0.3 is 4.74 Å². The van der Waals surface area contributed by atoms with E-state index in [4.69, 9.17) is 4.74 Å². The van der Waals surface area contributed by atoms with Gasteiger partial charge in [0.15, 0.2) is 5.78 Å². The zero-order chi connectivity index (χ0) is 13.8. The monoisotopic (exact) mass is 334 g/mol. The Hall–Kier alpha value is -0.880. The Labute approximate surface area is 115 Å². The Morgan fingerprint density at radius 3 is 2.61 bits per heavy atom. The average molecular weight is 335 g/mol. The normalized spacial score (nSPS) is 11.3. The Morgan fingerprint density at radius 2 is 2.06 bits per heavy atom. The maximum Gasteiger partial charge on any atom is 0.163 e. The predicted molar refractivity (Wildman–Crippen MR) is 74.0 cm³/mol. The first-order chi connectivity index (χ1) is 8.29. The molecule has 0 N–H and O–H groups in total. The van der Waals surface area contributed by atoms with E-state index in [0.29, 0.717) is 17.7 Å². The summed E-state index contributed by atoms with van der Waals surface area (Å²) in [6.45, 7) is 1.73. The summed E-state index contributed by atoms with van der Waals surface area (Å²) in [5.41, 5.74) is 0.498. The lowest BCUT2D eigenvalue weighted by Gasteiger charge is -2.10. The molecule has 0 heterocycles. The van der Waals surface area contributed by atoms with Crippen LogP contribution in [0.5, 0.6) is 5.75 Å². The zero-order valence-electron chi connectivity index (χ0n) is 10.3. The van der Waals surface area contributed by atoms with E-state index >= 15 is 0 Å². The number of ketones is 1. The summed E-state index contributed by atoms with van der Waals surface area (Å²) in [5, 5.41) is 0. The fraction of sp³-hybridized carbons (Fsp3) is 0.417. The molecule has 0 amide bonds. The van der Waals surface area contributed by atoms with Gasteiger partial charge in [0.25, 0.3) is 0 Å². The van der Waals surface area contributed by atoms with Crippen molar-refractivity contribution in [3.05, 3.63) is 28.2 Å². The predicted octanol–water partition coefficient (Wildman–Crippen LogP) is 2.47. The van der Waals surface area contributed by atoms with Crippen molar-refractivity contribution in [1.29, 1.82) is 0 Å². The molecule has 0 aliphatic carbocycles. The van der Waals surface area contributed by atoms with Gasteiger partial charge >= 0.3 is 0 Å². The molecule has 1 rings (SSSR count). The van der Waals surface area contributed by atoms with Crippen LogP contribution >= 0.6 is 15.9 Å². The minimum atomic E-state index is -2.97. The molecule has 0 saturated carbocycles. The molecule has 0 aliphatic rings. The molecule has 0 spiro atoms. The number of hydrogen-bond acceptors (Lipinski definition) is 4. The van der Waals surface area contributed by atoms with Crippen LogP contribution < -0.4 is 4.74 Å². The third-order valence-corrected chi connectivity index (χ3v) is 3.76. The number of sulfone groups is 1. The van der Waals surface area contributed by atoms with E-state index in [2.05, 4.69) is 15.9 Å². The molecule has 18 heavy (non-hydrogen) atoms. The van der Waals surface area contributed by atoms with Crippen LogP contribution in [0.2, 0.25) is 0 Å². The number of ether oxygens (including phenoxy) is 1. The van der Waals surface area contributed by atoms with Gasteiger partial charge in [-0.15, -0.1) is 0 Å². The van der Waals surface area contributed by atoms with Gasteiger partial charge in [-0.3, -0.25) is 4.79 Å². The van der Waals surface area contributed by atoms with Crippen LogP contribution in [0.1, 0.15) is 23.7 Å². The second kappa shape index (κ2) is 6.33. The lowest BCUT2D eigenvalue weighted by atomic mass is 10.1. The minimum Gasteiger partial charge on any atom is -0.493 e. The van der Waals surface area contributed by atoms with Gasteiger partial charge in [0, 0.05) is 10.7 Å². The number of carbonyl (C=O) groups excluding carboxylic acids is 1. The highest BCUT2D eigenvalue weighted by molar-refractivity contribution is 9.10. The van der Waals surface area contributed by atoms with Gasteiger partial charge in [-0.1, -0.05) is 15.9 Å². The van der Waals surface area contributed by atoms with E-state index in [0.717, 1.165) is 4.47 Å². The summed E-state index contributed by atoms with van der Waals surface area (Å²) in [6, 6.07) is 5.15. The third kappa shape index (κ3) is 5.18. The third-order valence-electron chi connectivity index (χ3n) is 2.24. The molecule has 0 unspecified atom stereocenters. The van der Waals surface area contributed by atoms with Gasteiger partial charge in [-0.25, -0.2) is 8.42 Å². The Morgan fingerprint density at radius 1 is 1.39 bits per heavy atom. The molecular formula is C12H15BrO4S. The van der Waals surface area contributed by atoms with Gasteiger partial charge in [-0.2, -0.15) is 0 Å². The van der Waals surface area contributed by atoms with Gasteiger partial charge in [-0.05, 0) is 31.5 Å². The second-order valence-corrected chi connectivity index (χ2v) is 7.20. The van der Waals surface area contributed by atoms with Crippen molar-refractivity contribution in [2.75, 3.05) is 18.6 Å². The highest BCUT2D eigenvalue weighted by atomic mass is 79.9. The Bertz CT molecular complexity index is 537. The molecule has 0 fully saturated rings. The van der Waals surface area contributed by atoms with Crippen LogP contribution in [0.3, 0.4) is 0 Å². The van der Waals surface area contributed by atoms with Gasteiger partial charge in [0.2, 0.25) is 0 Å². The summed E-state index contributed by atoms with van der Waals surface area (Å²) in [5.74, 6) is 0.474. The van der Waals surface area contributed by atoms with Gasteiger partial charge in [0.1, 0.15) is 15.6 Å². The highest BCUT2D eigenvalue weighted by Crippen LogP contribution is 2.24. The maximum atomic E-state index is 11.4. The number of benzene rings is 1. The molecule has 0 aromatic heterocycles. The highest BCUT2D eigenvalue weighted by Gasteiger charge is 2.09. The molecular weight excluding hydrogens is 320 g/mol. The fourth-order valence-electron chi connectivity index (χ4n) is 1.41. The zero-order valence-corrected chi connectivity index (χ0v) is 12.7. The lowest BCUT2D eigenvalue weighted by Crippen LogP contribution is -2.09. The largest absolute Gasteiger partial charge is 0.493 e. The Balaban J connectivity index is 2.66. The van der Waals surface area contributed by atoms with Crippen LogP contribution in [0.25, 0.3) is 0 Å². The quantitative estimate of drug-likeness (QED) is 0.592. The van der Waals surface area contributed by atoms with E-state index in [1.165, 1.54) is 13.2 Å². The molecule has 1 aromatic rings. The van der Waals surface area contributed by atoms with Crippen LogP contribution in [-0.4, -0.2) is 32.8 Å². The van der Waals surface area contributed by atoms with Crippen molar-refractivity contribution in [3.63, 3.8) is 0 Å². The first-order valence-electron chi connectivity index (χ1n) is 5.40. The van der Waals surface area contributed by atoms with E-state index in [1.54, 1.807) is 18.2 Å². The number of hydrogen-bond donors (Lipinski definition) is 0. The van der Waals surface area contributed by atoms with Crippen molar-refractivity contribution in [2.24, 2.45) is 0 Å². The summed E-state index contributed by atoms with van der Waals surface area (Å²) < 4.78 is 28.2. The van der Waals surface area contributed by atoms with Crippen molar-refractivity contribution >= 4 is 31.6 Å². The fourth-order valence-corrected chi connectivity index (χ4v) is 2.39. The first-order valence-corrected chi connectivity index (χ1v) is 8.26. The van der Waals surface area contributed by atoms with E-state index < -0.39 is 9.84 Å². The average Bonchev–Trinajstić information content (AvgIpc) is 2.22. The number of rotatable bonds is 6. The summed E-state index contributed by atoms with van der Waals surface area (Å²) in [7, 11) is -2.97. The topological polar surface area (TPSA) is 60.4 Å². The standard InChI is InChI=1S/C12H15BrO4S/c1-9(14)11-5-4-10(13)8-12(11)17-6-3-7-18(2,15)16/h4-5,8H,3,6-7H2,1-2H3. The smallest absolute Gasteiger partial charge is 0.163 e. The van der Waals surface area contributed by atoms with Gasteiger partial charge in [0.05, 0.1) is 17.9 Å². The maximum absolute atomic E-state index is 11.4. The second-order valence-electron chi connectivity index (χ2n) is 4.03. The molecule has 0 bridgehead atoms. The van der Waals surface area contributed by atoms with Crippen LogP contribution in [0.4, 0.5) is 0 Å². The molecule has 6 heteroatoms. The molecule has 1 aromatic carbocycles. The van der Waals surface area contributed by atoms with E-state index in [9.17, 15) is 13.2 Å². The number of Topliss-reactive ketones (excluding diaryl/α,β-unsaturated/α-hetero) is 1.